The Morgan fingerprint density at radius 3 is 2.75 bits per heavy atom. The zero-order valence-electron chi connectivity index (χ0n) is 13.3. The highest BCUT2D eigenvalue weighted by Crippen LogP contribution is 2.15. The number of likely N-dealkylation sites (tertiary alicyclic amines) is 1. The second-order valence-electron chi connectivity index (χ2n) is 5.89. The zero-order valence-corrected chi connectivity index (χ0v) is 13.3. The molecule has 1 heterocycles. The van der Waals surface area contributed by atoms with Crippen molar-refractivity contribution in [2.45, 2.75) is 25.9 Å². The first-order valence-corrected chi connectivity index (χ1v) is 8.02. The summed E-state index contributed by atoms with van der Waals surface area (Å²) in [5.74, 6) is -0.434. The maximum Gasteiger partial charge on any atom is 0.251 e. The van der Waals surface area contributed by atoms with E-state index in [1.54, 1.807) is 41.3 Å². The maximum absolute atomic E-state index is 13.6. The Balaban J connectivity index is 1.63. The SMILES string of the molecule is O=C(NCc1ccccc1F)c1cccc(CN2CCCC2=O)c1. The van der Waals surface area contributed by atoms with Crippen LogP contribution in [0.5, 0.6) is 0 Å². The number of nitrogens with one attached hydrogen (secondary N) is 1. The molecule has 1 saturated heterocycles. The molecule has 0 unspecified atom stereocenters. The lowest BCUT2D eigenvalue weighted by Gasteiger charge is -2.16. The van der Waals surface area contributed by atoms with Crippen LogP contribution in [-0.2, 0) is 17.9 Å². The molecular formula is C19H19FN2O2. The molecule has 0 saturated carbocycles. The molecule has 2 aromatic rings. The molecule has 0 spiro atoms. The zero-order chi connectivity index (χ0) is 16.9. The third kappa shape index (κ3) is 3.79. The summed E-state index contributed by atoms with van der Waals surface area (Å²) in [6, 6.07) is 13.6. The first kappa shape index (κ1) is 16.2. The van der Waals surface area contributed by atoms with Gasteiger partial charge in [-0.15, -0.1) is 0 Å². The number of carbonyl (C=O) groups is 2. The van der Waals surface area contributed by atoms with Gasteiger partial charge in [0.2, 0.25) is 5.91 Å². The van der Waals surface area contributed by atoms with Gasteiger partial charge in [-0.25, -0.2) is 4.39 Å². The second-order valence-corrected chi connectivity index (χ2v) is 5.89. The Labute approximate surface area is 140 Å². The fraction of sp³-hybridized carbons (Fsp3) is 0.263. The van der Waals surface area contributed by atoms with E-state index < -0.39 is 0 Å². The standard InChI is InChI=1S/C19H19FN2O2/c20-17-8-2-1-6-16(17)12-21-19(24)15-7-3-5-14(11-15)13-22-10-4-9-18(22)23/h1-3,5-8,11H,4,9-10,12-13H2,(H,21,24). The first-order valence-electron chi connectivity index (χ1n) is 8.02. The van der Waals surface area contributed by atoms with E-state index in [9.17, 15) is 14.0 Å². The van der Waals surface area contributed by atoms with Gasteiger partial charge in [-0.2, -0.15) is 0 Å². The Bertz CT molecular complexity index is 761. The van der Waals surface area contributed by atoms with Gasteiger partial charge in [0.15, 0.2) is 0 Å². The van der Waals surface area contributed by atoms with E-state index in [0.717, 1.165) is 18.5 Å². The summed E-state index contributed by atoms with van der Waals surface area (Å²) in [7, 11) is 0. The Hall–Kier alpha value is -2.69. The molecule has 1 aliphatic heterocycles. The minimum atomic E-state index is -0.334. The highest BCUT2D eigenvalue weighted by atomic mass is 19.1. The van der Waals surface area contributed by atoms with Crippen molar-refractivity contribution < 1.29 is 14.0 Å². The quantitative estimate of drug-likeness (QED) is 0.918. The first-order chi connectivity index (χ1) is 11.6. The predicted octanol–water partition coefficient (Wildman–Crippen LogP) is 2.88. The molecule has 5 heteroatoms. The summed E-state index contributed by atoms with van der Waals surface area (Å²) in [4.78, 5) is 25.8. The summed E-state index contributed by atoms with van der Waals surface area (Å²) in [5, 5.41) is 2.73. The molecule has 0 aromatic heterocycles. The van der Waals surface area contributed by atoms with Gasteiger partial charge in [0.05, 0.1) is 0 Å². The molecule has 0 radical (unpaired) electrons. The van der Waals surface area contributed by atoms with E-state index in [1.165, 1.54) is 6.07 Å². The molecule has 0 aliphatic carbocycles. The number of carbonyl (C=O) groups excluding carboxylic acids is 2. The minimum absolute atomic E-state index is 0.139. The molecule has 3 rings (SSSR count). The molecule has 4 nitrogen and oxygen atoms in total. The number of hydrogen-bond acceptors (Lipinski definition) is 2. The van der Waals surface area contributed by atoms with Crippen LogP contribution in [0.3, 0.4) is 0 Å². The highest BCUT2D eigenvalue weighted by molar-refractivity contribution is 5.94. The third-order valence-corrected chi connectivity index (χ3v) is 4.13. The van der Waals surface area contributed by atoms with Gasteiger partial charge >= 0.3 is 0 Å². The Kier molecular flexibility index (Phi) is 4.89. The highest BCUT2D eigenvalue weighted by Gasteiger charge is 2.20. The summed E-state index contributed by atoms with van der Waals surface area (Å²) < 4.78 is 13.6. The van der Waals surface area contributed by atoms with E-state index >= 15 is 0 Å². The molecule has 0 atom stereocenters. The third-order valence-electron chi connectivity index (χ3n) is 4.13. The average molecular weight is 326 g/mol. The van der Waals surface area contributed by atoms with E-state index in [1.807, 2.05) is 6.07 Å². The van der Waals surface area contributed by atoms with Crippen LogP contribution in [0.2, 0.25) is 0 Å². The molecule has 24 heavy (non-hydrogen) atoms. The monoisotopic (exact) mass is 326 g/mol. The predicted molar refractivity (Wildman–Crippen MR) is 88.7 cm³/mol. The summed E-state index contributed by atoms with van der Waals surface area (Å²) in [5.41, 5.74) is 1.88. The molecule has 1 fully saturated rings. The van der Waals surface area contributed by atoms with Crippen LogP contribution in [-0.4, -0.2) is 23.3 Å². The average Bonchev–Trinajstić information content (AvgIpc) is 2.99. The number of amides is 2. The molecule has 124 valence electrons. The van der Waals surface area contributed by atoms with Crippen molar-refractivity contribution in [1.82, 2.24) is 10.2 Å². The van der Waals surface area contributed by atoms with E-state index in [2.05, 4.69) is 5.32 Å². The van der Waals surface area contributed by atoms with Gasteiger partial charge in [-0.3, -0.25) is 9.59 Å². The van der Waals surface area contributed by atoms with E-state index in [0.29, 0.717) is 24.1 Å². The molecule has 2 aromatic carbocycles. The van der Waals surface area contributed by atoms with Crippen molar-refractivity contribution in [3.05, 3.63) is 71.0 Å². The van der Waals surface area contributed by atoms with Crippen molar-refractivity contribution in [1.29, 1.82) is 0 Å². The van der Waals surface area contributed by atoms with Crippen LogP contribution < -0.4 is 5.32 Å². The largest absolute Gasteiger partial charge is 0.348 e. The van der Waals surface area contributed by atoms with Gasteiger partial charge in [0.25, 0.3) is 5.91 Å². The lowest BCUT2D eigenvalue weighted by Crippen LogP contribution is -2.25. The van der Waals surface area contributed by atoms with Crippen LogP contribution in [0.1, 0.15) is 34.3 Å². The number of nitrogens with zero attached hydrogens (tertiary/aromatic N) is 1. The van der Waals surface area contributed by atoms with Crippen molar-refractivity contribution in [2.75, 3.05) is 6.54 Å². The lowest BCUT2D eigenvalue weighted by molar-refractivity contribution is -0.128. The van der Waals surface area contributed by atoms with Crippen molar-refractivity contribution in [3.63, 3.8) is 0 Å². The van der Waals surface area contributed by atoms with E-state index in [4.69, 9.17) is 0 Å². The number of hydrogen-bond donors (Lipinski definition) is 1. The van der Waals surface area contributed by atoms with E-state index in [-0.39, 0.29) is 24.2 Å². The fourth-order valence-electron chi connectivity index (χ4n) is 2.82. The maximum atomic E-state index is 13.6. The fourth-order valence-corrected chi connectivity index (χ4v) is 2.82. The van der Waals surface area contributed by atoms with Crippen LogP contribution in [0.25, 0.3) is 0 Å². The van der Waals surface area contributed by atoms with Crippen molar-refractivity contribution in [3.8, 4) is 0 Å². The van der Waals surface area contributed by atoms with Gasteiger partial charge < -0.3 is 10.2 Å². The Morgan fingerprint density at radius 1 is 1.17 bits per heavy atom. The number of rotatable bonds is 5. The summed E-state index contributed by atoms with van der Waals surface area (Å²) in [6.07, 6.45) is 1.49. The normalized spacial score (nSPS) is 14.0. The summed E-state index contributed by atoms with van der Waals surface area (Å²) in [6.45, 7) is 1.43. The van der Waals surface area contributed by atoms with Gasteiger partial charge in [-0.1, -0.05) is 30.3 Å². The minimum Gasteiger partial charge on any atom is -0.348 e. The van der Waals surface area contributed by atoms with Gasteiger partial charge in [0.1, 0.15) is 5.82 Å². The lowest BCUT2D eigenvalue weighted by atomic mass is 10.1. The summed E-state index contributed by atoms with van der Waals surface area (Å²) >= 11 is 0. The smallest absolute Gasteiger partial charge is 0.251 e. The molecule has 1 aliphatic rings. The van der Waals surface area contributed by atoms with Crippen molar-refractivity contribution >= 4 is 11.8 Å². The van der Waals surface area contributed by atoms with Crippen molar-refractivity contribution in [2.24, 2.45) is 0 Å². The number of benzene rings is 2. The molecule has 2 amide bonds. The van der Waals surface area contributed by atoms with Gasteiger partial charge in [0, 0.05) is 37.2 Å². The van der Waals surface area contributed by atoms with Gasteiger partial charge in [-0.05, 0) is 30.2 Å². The second kappa shape index (κ2) is 7.25. The molecule has 1 N–H and O–H groups in total. The van der Waals surface area contributed by atoms with Crippen LogP contribution in [0.15, 0.2) is 48.5 Å². The molecule has 0 bridgehead atoms. The van der Waals surface area contributed by atoms with Crippen LogP contribution in [0.4, 0.5) is 4.39 Å². The Morgan fingerprint density at radius 2 is 2.00 bits per heavy atom. The van der Waals surface area contributed by atoms with Crippen LogP contribution in [0, 0.1) is 5.82 Å². The number of halogens is 1. The topological polar surface area (TPSA) is 49.4 Å². The molecular weight excluding hydrogens is 307 g/mol. The van der Waals surface area contributed by atoms with Crippen LogP contribution >= 0.6 is 0 Å².